The van der Waals surface area contributed by atoms with Gasteiger partial charge >= 0.3 is 6.09 Å². The molecule has 0 saturated carbocycles. The number of ether oxygens (including phenoxy) is 3. The maximum Gasteiger partial charge on any atom is 0.407 e. The van der Waals surface area contributed by atoms with Crippen molar-refractivity contribution in [1.82, 2.24) is 19.9 Å². The van der Waals surface area contributed by atoms with Crippen LogP contribution in [0.15, 0.2) is 36.8 Å². The van der Waals surface area contributed by atoms with Gasteiger partial charge in [-0.05, 0) is 52.3 Å². The van der Waals surface area contributed by atoms with E-state index >= 15 is 0 Å². The van der Waals surface area contributed by atoms with Gasteiger partial charge in [0, 0.05) is 37.5 Å². The lowest BCUT2D eigenvalue weighted by atomic mass is 10.0. The number of nitrogens with zero attached hydrogens (tertiary/aromatic N) is 5. The number of nitriles is 1. The van der Waals surface area contributed by atoms with Crippen LogP contribution in [0, 0.1) is 11.3 Å². The number of alkyl carbamates (subject to hydrolysis) is 1. The number of aromatic nitrogens is 3. The molecular weight excluding hydrogens is 460 g/mol. The summed E-state index contributed by atoms with van der Waals surface area (Å²) in [4.78, 5) is 19.1. The smallest absolute Gasteiger partial charge is 0.407 e. The summed E-state index contributed by atoms with van der Waals surface area (Å²) in [5.74, 6) is 1.47. The maximum atomic E-state index is 12.2. The number of hydrogen-bond donors (Lipinski definition) is 1. The molecule has 0 aliphatic carbocycles. The summed E-state index contributed by atoms with van der Waals surface area (Å²) in [6, 6.07) is 7.90. The molecule has 0 spiro atoms. The number of carbonyl (C=O) groups excluding carboxylic acids is 1. The fraction of sp³-hybridized carbons (Fsp3) is 0.462. The lowest BCUT2D eigenvalue weighted by Gasteiger charge is -2.38. The van der Waals surface area contributed by atoms with E-state index in [0.29, 0.717) is 42.9 Å². The van der Waals surface area contributed by atoms with E-state index in [0.717, 1.165) is 16.9 Å². The predicted molar refractivity (Wildman–Crippen MR) is 135 cm³/mol. The largest absolute Gasteiger partial charge is 0.492 e. The van der Waals surface area contributed by atoms with E-state index in [4.69, 9.17) is 19.2 Å². The van der Waals surface area contributed by atoms with Crippen LogP contribution in [0.4, 0.5) is 10.6 Å². The quantitative estimate of drug-likeness (QED) is 0.553. The lowest BCUT2D eigenvalue weighted by molar-refractivity contribution is 0.0297. The van der Waals surface area contributed by atoms with Gasteiger partial charge < -0.3 is 24.4 Å². The molecule has 1 N–H and O–H groups in total. The molecule has 1 unspecified atom stereocenters. The number of fused-ring (bicyclic) bond motifs is 1. The minimum Gasteiger partial charge on any atom is -0.492 e. The topological polar surface area (TPSA) is 114 Å². The Bertz CT molecular complexity index is 1260. The molecule has 1 fully saturated rings. The first kappa shape index (κ1) is 25.3. The van der Waals surface area contributed by atoms with Crippen molar-refractivity contribution in [3.05, 3.63) is 42.4 Å². The van der Waals surface area contributed by atoms with Gasteiger partial charge in [-0.3, -0.25) is 0 Å². The van der Waals surface area contributed by atoms with Crippen LogP contribution < -0.4 is 15.0 Å². The minimum absolute atomic E-state index is 0.152. The van der Waals surface area contributed by atoms with Crippen LogP contribution in [0.5, 0.6) is 5.75 Å². The van der Waals surface area contributed by atoms with Gasteiger partial charge in [0.15, 0.2) is 0 Å². The molecule has 4 heterocycles. The lowest BCUT2D eigenvalue weighted by Crippen LogP contribution is -2.55. The van der Waals surface area contributed by atoms with Crippen LogP contribution in [0.2, 0.25) is 0 Å². The summed E-state index contributed by atoms with van der Waals surface area (Å²) in [5.41, 5.74) is 2.32. The number of piperidine rings is 1. The second-order valence-corrected chi connectivity index (χ2v) is 9.65. The summed E-state index contributed by atoms with van der Waals surface area (Å²) in [5, 5.41) is 16.8. The van der Waals surface area contributed by atoms with E-state index in [2.05, 4.69) is 21.4 Å². The zero-order chi connectivity index (χ0) is 25.9. The summed E-state index contributed by atoms with van der Waals surface area (Å²) in [6.07, 6.45) is 5.16. The molecule has 3 aromatic heterocycles. The van der Waals surface area contributed by atoms with Crippen LogP contribution in [-0.2, 0) is 9.47 Å². The summed E-state index contributed by atoms with van der Waals surface area (Å²) >= 11 is 0. The zero-order valence-corrected chi connectivity index (χ0v) is 21.3. The Kier molecular flexibility index (Phi) is 7.31. The molecule has 2 atom stereocenters. The number of pyridine rings is 2. The van der Waals surface area contributed by atoms with Crippen molar-refractivity contribution >= 4 is 17.4 Å². The fourth-order valence-electron chi connectivity index (χ4n) is 4.36. The Balaban J connectivity index is 1.53. The molecule has 1 amide bonds. The monoisotopic (exact) mass is 492 g/mol. The Morgan fingerprint density at radius 3 is 2.75 bits per heavy atom. The average Bonchev–Trinajstić information content (AvgIpc) is 3.26. The molecule has 3 aromatic rings. The minimum atomic E-state index is -0.558. The number of nitrogens with one attached hydrogen (secondary N) is 1. The number of amides is 1. The van der Waals surface area contributed by atoms with Crippen molar-refractivity contribution in [2.45, 2.75) is 51.9 Å². The van der Waals surface area contributed by atoms with E-state index in [1.807, 2.05) is 45.9 Å². The molecule has 1 saturated heterocycles. The second-order valence-electron chi connectivity index (χ2n) is 9.65. The Morgan fingerprint density at radius 2 is 2.11 bits per heavy atom. The van der Waals surface area contributed by atoms with E-state index < -0.39 is 11.7 Å². The van der Waals surface area contributed by atoms with E-state index in [1.54, 1.807) is 30.2 Å². The van der Waals surface area contributed by atoms with Gasteiger partial charge in [-0.25, -0.2) is 14.3 Å². The summed E-state index contributed by atoms with van der Waals surface area (Å²) in [7, 11) is 1.64. The Hall–Kier alpha value is -3.84. The highest BCUT2D eigenvalue weighted by Crippen LogP contribution is 2.31. The molecule has 10 heteroatoms. The highest BCUT2D eigenvalue weighted by molar-refractivity contribution is 5.85. The first-order valence-corrected chi connectivity index (χ1v) is 12.0. The van der Waals surface area contributed by atoms with Crippen molar-refractivity contribution in [3.63, 3.8) is 0 Å². The first-order chi connectivity index (χ1) is 17.2. The van der Waals surface area contributed by atoms with E-state index in [-0.39, 0.29) is 12.1 Å². The van der Waals surface area contributed by atoms with Crippen molar-refractivity contribution < 1.29 is 19.0 Å². The summed E-state index contributed by atoms with van der Waals surface area (Å²) in [6.45, 7) is 9.24. The standard InChI is InChI=1S/C26H32N6O4/c1-6-35-19-11-20(24-18(12-27)14-29-32(24)15-19)17-7-8-23(28-13-17)31-10-9-21(22(16-31)34-5)30-25(33)36-26(2,3)4/h7-8,11,13-15,21-22H,6,9-10,16H2,1-5H3,(H,30,33)/t21?,22-/m1/s1. The average molecular weight is 493 g/mol. The molecule has 0 aromatic carbocycles. The van der Waals surface area contributed by atoms with Gasteiger partial charge in [0.05, 0.1) is 42.2 Å². The van der Waals surface area contributed by atoms with E-state index in [9.17, 15) is 10.1 Å². The maximum absolute atomic E-state index is 12.2. The molecule has 10 nitrogen and oxygen atoms in total. The third kappa shape index (κ3) is 5.52. The number of methoxy groups -OCH3 is 1. The fourth-order valence-corrected chi connectivity index (χ4v) is 4.36. The Morgan fingerprint density at radius 1 is 1.31 bits per heavy atom. The van der Waals surface area contributed by atoms with Gasteiger partial charge in [-0.15, -0.1) is 0 Å². The molecule has 1 aliphatic heterocycles. The van der Waals surface area contributed by atoms with Gasteiger partial charge in [-0.1, -0.05) is 0 Å². The molecular formula is C26H32N6O4. The highest BCUT2D eigenvalue weighted by atomic mass is 16.6. The van der Waals surface area contributed by atoms with Gasteiger partial charge in [0.2, 0.25) is 0 Å². The highest BCUT2D eigenvalue weighted by Gasteiger charge is 2.32. The number of carbonyl (C=O) groups is 1. The third-order valence-corrected chi connectivity index (χ3v) is 5.97. The Labute approximate surface area is 210 Å². The number of anilines is 1. The molecule has 190 valence electrons. The molecule has 4 rings (SSSR count). The predicted octanol–water partition coefficient (Wildman–Crippen LogP) is 3.79. The molecule has 1 aliphatic rings. The van der Waals surface area contributed by atoms with Gasteiger partial charge in [-0.2, -0.15) is 10.4 Å². The zero-order valence-electron chi connectivity index (χ0n) is 21.3. The van der Waals surface area contributed by atoms with Crippen molar-refractivity contribution in [2.75, 3.05) is 31.7 Å². The van der Waals surface area contributed by atoms with Crippen LogP contribution in [0.3, 0.4) is 0 Å². The summed E-state index contributed by atoms with van der Waals surface area (Å²) < 4.78 is 18.5. The normalized spacial score (nSPS) is 18.1. The van der Waals surface area contributed by atoms with Crippen molar-refractivity contribution in [1.29, 1.82) is 5.26 Å². The van der Waals surface area contributed by atoms with Gasteiger partial charge in [0.25, 0.3) is 0 Å². The van der Waals surface area contributed by atoms with Crippen LogP contribution in [0.1, 0.15) is 39.7 Å². The van der Waals surface area contributed by atoms with Crippen molar-refractivity contribution in [3.8, 4) is 22.9 Å². The molecule has 36 heavy (non-hydrogen) atoms. The molecule has 0 bridgehead atoms. The van der Waals surface area contributed by atoms with Crippen LogP contribution >= 0.6 is 0 Å². The second kappa shape index (κ2) is 10.4. The number of hydrogen-bond acceptors (Lipinski definition) is 8. The SMILES string of the molecule is CCOc1cc(-c2ccc(N3CCC(NC(=O)OC(C)(C)C)[C@H](OC)C3)nc2)c2c(C#N)cnn2c1. The van der Waals surface area contributed by atoms with E-state index in [1.165, 1.54) is 0 Å². The van der Waals surface area contributed by atoms with Crippen LogP contribution in [0.25, 0.3) is 16.6 Å². The molecule has 0 radical (unpaired) electrons. The van der Waals surface area contributed by atoms with Gasteiger partial charge in [0.1, 0.15) is 23.2 Å². The van der Waals surface area contributed by atoms with Crippen molar-refractivity contribution in [2.24, 2.45) is 0 Å². The third-order valence-electron chi connectivity index (χ3n) is 5.97. The first-order valence-electron chi connectivity index (χ1n) is 12.0. The number of rotatable bonds is 6. The van der Waals surface area contributed by atoms with Crippen LogP contribution in [-0.4, -0.2) is 65.2 Å².